The van der Waals surface area contributed by atoms with E-state index in [-0.39, 0.29) is 11.7 Å². The van der Waals surface area contributed by atoms with Gasteiger partial charge in [0.05, 0.1) is 0 Å². The molecule has 2 aromatic rings. The molecule has 1 heterocycles. The first-order chi connectivity index (χ1) is 13.3. The van der Waals surface area contributed by atoms with E-state index in [0.717, 1.165) is 43.6 Å². The second-order valence-corrected chi connectivity index (χ2v) is 8.39. The number of likely N-dealkylation sites (tertiary alicyclic amines) is 1. The number of hydrogen-bond acceptors (Lipinski definition) is 3. The summed E-state index contributed by atoms with van der Waals surface area (Å²) in [6.45, 7) is 5.95. The zero-order valence-corrected chi connectivity index (χ0v) is 17.2. The Bertz CT molecular complexity index is 870. The first kappa shape index (κ1) is 20.6. The summed E-state index contributed by atoms with van der Waals surface area (Å²) in [4.78, 5) is 15.1. The van der Waals surface area contributed by atoms with Crippen molar-refractivity contribution in [2.24, 2.45) is 5.92 Å². The highest BCUT2D eigenvalue weighted by atomic mass is 35.5. The molecule has 0 aliphatic carbocycles. The molecule has 1 aliphatic rings. The second-order valence-electron chi connectivity index (χ2n) is 7.95. The maximum absolute atomic E-state index is 12.8. The van der Waals surface area contributed by atoms with Crippen LogP contribution in [-0.2, 0) is 6.54 Å². The number of ketones is 1. The number of Topliss-reactive ketones (excluding diaryl/α,β-unsaturated/α-hetero) is 1. The average molecular weight is 396 g/mol. The van der Waals surface area contributed by atoms with Gasteiger partial charge < -0.3 is 5.11 Å². The molecule has 3 nitrogen and oxygen atoms in total. The molecule has 0 unspecified atom stereocenters. The van der Waals surface area contributed by atoms with Gasteiger partial charge in [0.1, 0.15) is 5.60 Å². The summed E-state index contributed by atoms with van der Waals surface area (Å²) in [7, 11) is 0. The van der Waals surface area contributed by atoms with E-state index in [9.17, 15) is 9.90 Å². The molecule has 1 saturated heterocycles. The number of halogens is 1. The lowest BCUT2D eigenvalue weighted by atomic mass is 9.90. The first-order valence-corrected chi connectivity index (χ1v) is 10.0. The Morgan fingerprint density at radius 1 is 1.18 bits per heavy atom. The molecule has 0 aromatic heterocycles. The van der Waals surface area contributed by atoms with Crippen molar-refractivity contribution in [2.75, 3.05) is 13.1 Å². The SMILES string of the molecule is CC(C)(O)C#Cc1ccc(CN2CCC[C@H](C(=O)c3ccc(Cl)cc3)C2)cc1. The Morgan fingerprint density at radius 2 is 1.86 bits per heavy atom. The Morgan fingerprint density at radius 3 is 2.50 bits per heavy atom. The summed E-state index contributed by atoms with van der Waals surface area (Å²) in [6, 6.07) is 15.3. The van der Waals surface area contributed by atoms with Gasteiger partial charge in [-0.1, -0.05) is 35.6 Å². The topological polar surface area (TPSA) is 40.5 Å². The highest BCUT2D eigenvalue weighted by Gasteiger charge is 2.26. The van der Waals surface area contributed by atoms with Crippen LogP contribution in [0.25, 0.3) is 0 Å². The van der Waals surface area contributed by atoms with E-state index in [4.69, 9.17) is 11.6 Å². The standard InChI is InChI=1S/C24H26ClNO2/c1-24(2,28)14-13-18-5-7-19(8-6-18)16-26-15-3-4-21(17-26)23(27)20-9-11-22(25)12-10-20/h5-12,21,28H,3-4,15-17H2,1-2H3/t21-/m0/s1. The van der Waals surface area contributed by atoms with Gasteiger partial charge >= 0.3 is 0 Å². The maximum atomic E-state index is 12.8. The molecule has 2 aromatic carbocycles. The monoisotopic (exact) mass is 395 g/mol. The van der Waals surface area contributed by atoms with Crippen LogP contribution in [0.4, 0.5) is 0 Å². The van der Waals surface area contributed by atoms with Gasteiger partial charge in [-0.3, -0.25) is 9.69 Å². The molecular weight excluding hydrogens is 370 g/mol. The van der Waals surface area contributed by atoms with Crippen LogP contribution in [0.15, 0.2) is 48.5 Å². The largest absolute Gasteiger partial charge is 0.378 e. The van der Waals surface area contributed by atoms with Gasteiger partial charge in [0.15, 0.2) is 5.78 Å². The van der Waals surface area contributed by atoms with Crippen LogP contribution in [0.5, 0.6) is 0 Å². The molecule has 1 fully saturated rings. The van der Waals surface area contributed by atoms with E-state index in [1.807, 2.05) is 24.3 Å². The Kier molecular flexibility index (Phi) is 6.57. The molecule has 3 rings (SSSR count). The highest BCUT2D eigenvalue weighted by molar-refractivity contribution is 6.30. The van der Waals surface area contributed by atoms with Gasteiger partial charge in [-0.15, -0.1) is 0 Å². The van der Waals surface area contributed by atoms with Crippen LogP contribution in [0.3, 0.4) is 0 Å². The van der Waals surface area contributed by atoms with Gasteiger partial charge in [-0.2, -0.15) is 0 Å². The highest BCUT2D eigenvalue weighted by Crippen LogP contribution is 2.23. The number of aliphatic hydroxyl groups is 1. The minimum Gasteiger partial charge on any atom is -0.378 e. The molecule has 4 heteroatoms. The number of carbonyl (C=O) groups excluding carboxylic acids is 1. The second kappa shape index (κ2) is 8.92. The lowest BCUT2D eigenvalue weighted by Crippen LogP contribution is -2.38. The molecule has 1 aliphatic heterocycles. The van der Waals surface area contributed by atoms with Crippen molar-refractivity contribution in [3.63, 3.8) is 0 Å². The molecule has 28 heavy (non-hydrogen) atoms. The molecule has 0 bridgehead atoms. The normalized spacial score (nSPS) is 17.6. The fraction of sp³-hybridized carbons (Fsp3) is 0.375. The number of nitrogens with zero attached hydrogens (tertiary/aromatic N) is 1. The number of rotatable bonds is 4. The van der Waals surface area contributed by atoms with Crippen LogP contribution < -0.4 is 0 Å². The average Bonchev–Trinajstić information content (AvgIpc) is 2.67. The van der Waals surface area contributed by atoms with Gasteiger partial charge in [0, 0.05) is 35.2 Å². The molecule has 0 saturated carbocycles. The maximum Gasteiger partial charge on any atom is 0.167 e. The van der Waals surface area contributed by atoms with E-state index in [2.05, 4.69) is 28.9 Å². The predicted molar refractivity (Wildman–Crippen MR) is 113 cm³/mol. The van der Waals surface area contributed by atoms with Gasteiger partial charge in [-0.25, -0.2) is 0 Å². The lowest BCUT2D eigenvalue weighted by Gasteiger charge is -2.32. The molecule has 1 N–H and O–H groups in total. The van der Waals surface area contributed by atoms with E-state index >= 15 is 0 Å². The van der Waals surface area contributed by atoms with Crippen LogP contribution >= 0.6 is 11.6 Å². The number of carbonyl (C=O) groups is 1. The van der Waals surface area contributed by atoms with Gasteiger partial charge in [0.2, 0.25) is 0 Å². The van der Waals surface area contributed by atoms with E-state index in [1.165, 1.54) is 5.56 Å². The van der Waals surface area contributed by atoms with Crippen molar-refractivity contribution in [1.82, 2.24) is 4.90 Å². The smallest absolute Gasteiger partial charge is 0.167 e. The minimum atomic E-state index is -0.988. The number of piperidine rings is 1. The van der Waals surface area contributed by atoms with Crippen LogP contribution in [0, 0.1) is 17.8 Å². The van der Waals surface area contributed by atoms with Crippen molar-refractivity contribution in [2.45, 2.75) is 38.8 Å². The lowest BCUT2D eigenvalue weighted by molar-refractivity contribution is 0.0811. The molecule has 1 atom stereocenters. The van der Waals surface area contributed by atoms with Crippen LogP contribution in [0.1, 0.15) is 48.2 Å². The molecule has 0 radical (unpaired) electrons. The quantitative estimate of drug-likeness (QED) is 0.609. The summed E-state index contributed by atoms with van der Waals surface area (Å²) in [5.74, 6) is 6.06. The Labute approximate surface area is 172 Å². The summed E-state index contributed by atoms with van der Waals surface area (Å²) >= 11 is 5.93. The first-order valence-electron chi connectivity index (χ1n) is 9.67. The van der Waals surface area contributed by atoms with Crippen LogP contribution in [-0.4, -0.2) is 34.5 Å². The minimum absolute atomic E-state index is 0.0341. The van der Waals surface area contributed by atoms with Crippen molar-refractivity contribution >= 4 is 17.4 Å². The fourth-order valence-corrected chi connectivity index (χ4v) is 3.57. The predicted octanol–water partition coefficient (Wildman–Crippen LogP) is 4.56. The van der Waals surface area contributed by atoms with Crippen molar-refractivity contribution in [3.05, 3.63) is 70.2 Å². The summed E-state index contributed by atoms with van der Waals surface area (Å²) < 4.78 is 0. The third kappa shape index (κ3) is 5.94. The molecule has 0 spiro atoms. The van der Waals surface area contributed by atoms with E-state index in [1.54, 1.807) is 26.0 Å². The van der Waals surface area contributed by atoms with E-state index in [0.29, 0.717) is 5.02 Å². The van der Waals surface area contributed by atoms with Crippen molar-refractivity contribution in [1.29, 1.82) is 0 Å². The zero-order chi connectivity index (χ0) is 20.1. The van der Waals surface area contributed by atoms with Gasteiger partial charge in [0.25, 0.3) is 0 Å². The molecule has 0 amide bonds. The number of benzene rings is 2. The molecular formula is C24H26ClNO2. The fourth-order valence-electron chi connectivity index (χ4n) is 3.44. The summed E-state index contributed by atoms with van der Waals surface area (Å²) in [5, 5.41) is 10.4. The van der Waals surface area contributed by atoms with Crippen molar-refractivity contribution in [3.8, 4) is 11.8 Å². The Balaban J connectivity index is 1.61. The number of hydrogen-bond donors (Lipinski definition) is 1. The Hall–Kier alpha value is -2.12. The summed E-state index contributed by atoms with van der Waals surface area (Å²) in [5.41, 5.74) is 1.85. The third-order valence-corrected chi connectivity index (χ3v) is 5.13. The van der Waals surface area contributed by atoms with Crippen LogP contribution in [0.2, 0.25) is 5.02 Å². The summed E-state index contributed by atoms with van der Waals surface area (Å²) in [6.07, 6.45) is 1.96. The van der Waals surface area contributed by atoms with Crippen molar-refractivity contribution < 1.29 is 9.90 Å². The molecule has 146 valence electrons. The third-order valence-electron chi connectivity index (χ3n) is 4.88. The zero-order valence-electron chi connectivity index (χ0n) is 16.4. The van der Waals surface area contributed by atoms with E-state index < -0.39 is 5.60 Å². The van der Waals surface area contributed by atoms with Gasteiger partial charge in [-0.05, 0) is 75.2 Å².